The van der Waals surface area contributed by atoms with E-state index in [9.17, 15) is 4.79 Å². The van der Waals surface area contributed by atoms with Gasteiger partial charge >= 0.3 is 0 Å². The number of carbonyl (C=O) groups excluding carboxylic acids is 1. The van der Waals surface area contributed by atoms with Gasteiger partial charge in [0.1, 0.15) is 0 Å². The molecular formula is C16H37N3O2. The maximum Gasteiger partial charge on any atom is 0.216 e. The van der Waals surface area contributed by atoms with E-state index in [0.717, 1.165) is 26.2 Å². The van der Waals surface area contributed by atoms with Crippen LogP contribution in [0.2, 0.25) is 0 Å². The highest BCUT2D eigenvalue weighted by Gasteiger charge is 2.16. The number of nitrogens with zero attached hydrogens (tertiary/aromatic N) is 1. The average Bonchev–Trinajstić information content (AvgIpc) is 2.55. The number of hydrogen-bond donors (Lipinski definition) is 2. The van der Waals surface area contributed by atoms with Gasteiger partial charge in [0.15, 0.2) is 0 Å². The van der Waals surface area contributed by atoms with E-state index >= 15 is 0 Å². The second-order valence-corrected chi connectivity index (χ2v) is 4.50. The molecular weight excluding hydrogens is 266 g/mol. The van der Waals surface area contributed by atoms with E-state index in [2.05, 4.69) is 15.5 Å². The molecule has 0 aliphatic carbocycles. The third kappa shape index (κ3) is 14.1. The summed E-state index contributed by atoms with van der Waals surface area (Å²) in [4.78, 5) is 13.0. The van der Waals surface area contributed by atoms with Crippen molar-refractivity contribution in [3.05, 3.63) is 0 Å². The van der Waals surface area contributed by atoms with Crippen LogP contribution in [0, 0.1) is 0 Å². The van der Waals surface area contributed by atoms with E-state index in [4.69, 9.17) is 4.74 Å². The molecule has 5 heteroatoms. The lowest BCUT2D eigenvalue weighted by Gasteiger charge is -2.31. The minimum Gasteiger partial charge on any atom is -0.378 e. The third-order valence-corrected chi connectivity index (χ3v) is 3.17. The van der Waals surface area contributed by atoms with Gasteiger partial charge in [0.2, 0.25) is 5.91 Å². The van der Waals surface area contributed by atoms with Crippen molar-refractivity contribution in [3.8, 4) is 0 Å². The highest BCUT2D eigenvalue weighted by Crippen LogP contribution is 2.08. The molecule has 1 rings (SSSR count). The van der Waals surface area contributed by atoms with E-state index in [1.807, 2.05) is 34.7 Å². The van der Waals surface area contributed by atoms with E-state index in [1.54, 1.807) is 0 Å². The summed E-state index contributed by atoms with van der Waals surface area (Å²) in [7, 11) is 2.03. The van der Waals surface area contributed by atoms with Crippen LogP contribution >= 0.6 is 0 Å². The highest BCUT2D eigenvalue weighted by atomic mass is 16.5. The van der Waals surface area contributed by atoms with Gasteiger partial charge in [-0.3, -0.25) is 4.79 Å². The van der Waals surface area contributed by atoms with Crippen LogP contribution in [0.3, 0.4) is 0 Å². The Morgan fingerprint density at radius 1 is 1.14 bits per heavy atom. The van der Waals surface area contributed by atoms with E-state index in [-0.39, 0.29) is 5.91 Å². The molecule has 0 aromatic carbocycles. The summed E-state index contributed by atoms with van der Waals surface area (Å²) in [6.07, 6.45) is 2.45. The zero-order valence-corrected chi connectivity index (χ0v) is 15.0. The Labute approximate surface area is 131 Å². The number of ether oxygens (including phenoxy) is 1. The molecule has 0 atom stereocenters. The van der Waals surface area contributed by atoms with Crippen LogP contribution in [0.15, 0.2) is 0 Å². The van der Waals surface area contributed by atoms with Gasteiger partial charge in [-0.05, 0) is 33.0 Å². The summed E-state index contributed by atoms with van der Waals surface area (Å²) in [6.45, 7) is 14.8. The summed E-state index contributed by atoms with van der Waals surface area (Å²) < 4.78 is 5.47. The molecule has 1 heterocycles. The Morgan fingerprint density at radius 3 is 2.19 bits per heavy atom. The molecule has 0 unspecified atom stereocenters. The Balaban J connectivity index is 0. The lowest BCUT2D eigenvalue weighted by molar-refractivity contribution is -0.119. The Hall–Kier alpha value is -0.650. The van der Waals surface area contributed by atoms with Crippen molar-refractivity contribution in [1.82, 2.24) is 15.5 Å². The van der Waals surface area contributed by atoms with Crippen LogP contribution in [0.4, 0.5) is 0 Å². The number of likely N-dealkylation sites (tertiary alicyclic amines) is 1. The van der Waals surface area contributed by atoms with Gasteiger partial charge in [0, 0.05) is 26.1 Å². The predicted molar refractivity (Wildman–Crippen MR) is 90.7 cm³/mol. The van der Waals surface area contributed by atoms with Crippen LogP contribution in [0.25, 0.3) is 0 Å². The number of amides is 1. The van der Waals surface area contributed by atoms with Crippen LogP contribution < -0.4 is 10.6 Å². The van der Waals surface area contributed by atoms with Gasteiger partial charge in [-0.1, -0.05) is 27.7 Å². The molecule has 0 bridgehead atoms. The lowest BCUT2D eigenvalue weighted by atomic mass is 10.1. The molecule has 128 valence electrons. The molecule has 1 aliphatic rings. The first-order valence-electron chi connectivity index (χ1n) is 8.44. The minimum atomic E-state index is 0.00254. The fourth-order valence-electron chi connectivity index (χ4n) is 2.04. The second-order valence-electron chi connectivity index (χ2n) is 4.50. The molecule has 1 fully saturated rings. The molecule has 2 N–H and O–H groups in total. The number of carbonyl (C=O) groups is 1. The summed E-state index contributed by atoms with van der Waals surface area (Å²) in [6, 6.07) is 0.687. The van der Waals surface area contributed by atoms with Crippen molar-refractivity contribution in [3.63, 3.8) is 0 Å². The van der Waals surface area contributed by atoms with Gasteiger partial charge in [0.05, 0.1) is 13.2 Å². The number of nitrogens with one attached hydrogen (secondary N) is 2. The van der Waals surface area contributed by atoms with E-state index < -0.39 is 0 Å². The van der Waals surface area contributed by atoms with Crippen molar-refractivity contribution in [2.24, 2.45) is 0 Å². The van der Waals surface area contributed by atoms with Gasteiger partial charge in [0.25, 0.3) is 0 Å². The average molecular weight is 303 g/mol. The predicted octanol–water partition coefficient (Wildman–Crippen LogP) is 1.88. The Morgan fingerprint density at radius 2 is 1.71 bits per heavy atom. The Kier molecular flexibility index (Phi) is 18.8. The molecule has 0 radical (unpaired) electrons. The van der Waals surface area contributed by atoms with Crippen LogP contribution in [0.1, 0.15) is 47.5 Å². The molecule has 5 nitrogen and oxygen atoms in total. The normalized spacial score (nSPS) is 15.3. The summed E-state index contributed by atoms with van der Waals surface area (Å²) in [5.74, 6) is 0.00254. The quantitative estimate of drug-likeness (QED) is 0.705. The molecule has 1 aliphatic heterocycles. The molecule has 0 spiro atoms. The van der Waals surface area contributed by atoms with Crippen LogP contribution in [-0.2, 0) is 9.53 Å². The van der Waals surface area contributed by atoms with Crippen LogP contribution in [0.5, 0.6) is 0 Å². The largest absolute Gasteiger partial charge is 0.378 e. The fourth-order valence-corrected chi connectivity index (χ4v) is 2.04. The Bertz CT molecular complexity index is 218. The summed E-state index contributed by atoms with van der Waals surface area (Å²) in [5, 5.41) is 6.03. The second kappa shape index (κ2) is 17.4. The van der Waals surface area contributed by atoms with Crippen molar-refractivity contribution >= 4 is 5.91 Å². The summed E-state index contributed by atoms with van der Waals surface area (Å²) in [5.41, 5.74) is 0. The number of rotatable bonds is 7. The first kappa shape index (κ1) is 22.6. The smallest absolute Gasteiger partial charge is 0.216 e. The number of hydrogen-bond acceptors (Lipinski definition) is 4. The molecule has 0 aromatic heterocycles. The molecule has 21 heavy (non-hydrogen) atoms. The van der Waals surface area contributed by atoms with Gasteiger partial charge in [-0.25, -0.2) is 0 Å². The molecule has 1 amide bonds. The SMILES string of the molecule is CC.CC.CNC1CCN(CCOCCNC(C)=O)CC1. The maximum atomic E-state index is 10.6. The van der Waals surface area contributed by atoms with Gasteiger partial charge in [-0.15, -0.1) is 0 Å². The topological polar surface area (TPSA) is 53.6 Å². The fraction of sp³-hybridized carbons (Fsp3) is 0.938. The zero-order chi connectivity index (χ0) is 16.5. The monoisotopic (exact) mass is 303 g/mol. The third-order valence-electron chi connectivity index (χ3n) is 3.17. The van der Waals surface area contributed by atoms with Crippen molar-refractivity contribution < 1.29 is 9.53 Å². The van der Waals surface area contributed by atoms with E-state index in [1.165, 1.54) is 19.8 Å². The number of piperidine rings is 1. The molecule has 0 aromatic rings. The van der Waals surface area contributed by atoms with Crippen molar-refractivity contribution in [1.29, 1.82) is 0 Å². The summed E-state index contributed by atoms with van der Waals surface area (Å²) >= 11 is 0. The first-order chi connectivity index (χ1) is 10.2. The van der Waals surface area contributed by atoms with Gasteiger partial charge in [-0.2, -0.15) is 0 Å². The zero-order valence-electron chi connectivity index (χ0n) is 15.0. The van der Waals surface area contributed by atoms with Crippen molar-refractivity contribution in [2.45, 2.75) is 53.5 Å². The van der Waals surface area contributed by atoms with Crippen LogP contribution in [-0.4, -0.2) is 63.3 Å². The van der Waals surface area contributed by atoms with E-state index in [0.29, 0.717) is 19.2 Å². The molecule has 0 saturated carbocycles. The standard InChI is InChI=1S/C12H25N3O2.2C2H6/c1-11(16)14-5-9-17-10-8-15-6-3-12(13-2)4-7-15;2*1-2/h12-13H,3-10H2,1-2H3,(H,14,16);2*1-2H3. The highest BCUT2D eigenvalue weighted by molar-refractivity contribution is 5.72. The van der Waals surface area contributed by atoms with Crippen molar-refractivity contribution in [2.75, 3.05) is 46.4 Å². The maximum absolute atomic E-state index is 10.6. The molecule has 1 saturated heterocycles. The minimum absolute atomic E-state index is 0.00254. The lowest BCUT2D eigenvalue weighted by Crippen LogP contribution is -2.42. The van der Waals surface area contributed by atoms with Gasteiger partial charge < -0.3 is 20.3 Å². The first-order valence-corrected chi connectivity index (χ1v) is 8.44.